The fraction of sp³-hybridized carbons (Fsp3) is 0.833. The zero-order valence-electron chi connectivity index (χ0n) is 14.5. The van der Waals surface area contributed by atoms with E-state index in [1.165, 1.54) is 0 Å². The summed E-state index contributed by atoms with van der Waals surface area (Å²) in [4.78, 5) is 26.4. The van der Waals surface area contributed by atoms with E-state index in [2.05, 4.69) is 11.4 Å². The second-order valence-electron chi connectivity index (χ2n) is 7.51. The first kappa shape index (κ1) is 17.2. The fourth-order valence-corrected chi connectivity index (χ4v) is 4.61. The van der Waals surface area contributed by atoms with E-state index in [1.54, 1.807) is 4.90 Å². The lowest BCUT2D eigenvalue weighted by Gasteiger charge is -2.52. The number of hydrogen-bond acceptors (Lipinski definition) is 5. The van der Waals surface area contributed by atoms with Crippen molar-refractivity contribution in [3.63, 3.8) is 0 Å². The number of amides is 1. The monoisotopic (exact) mass is 333 g/mol. The number of nitriles is 1. The molecular formula is C18H27N3O3. The van der Waals surface area contributed by atoms with Crippen LogP contribution in [0, 0.1) is 16.7 Å². The number of nitrogens with one attached hydrogen (secondary N) is 1. The summed E-state index contributed by atoms with van der Waals surface area (Å²) in [6.45, 7) is 3.28. The van der Waals surface area contributed by atoms with Gasteiger partial charge in [0.2, 0.25) is 5.91 Å². The average Bonchev–Trinajstić information content (AvgIpc) is 3.10. The SMILES string of the molecule is CCOC(=O)C12CCC(NCC(=O)N3CCCC3C#N)(CC1)CC2. The van der Waals surface area contributed by atoms with Crippen molar-refractivity contribution in [2.75, 3.05) is 19.7 Å². The molecule has 1 saturated heterocycles. The maximum Gasteiger partial charge on any atom is 0.312 e. The normalized spacial score (nSPS) is 34.8. The molecule has 1 atom stereocenters. The highest BCUT2D eigenvalue weighted by atomic mass is 16.5. The highest BCUT2D eigenvalue weighted by molar-refractivity contribution is 5.79. The first-order valence-corrected chi connectivity index (χ1v) is 9.16. The van der Waals surface area contributed by atoms with Crippen LogP contribution in [-0.2, 0) is 14.3 Å². The van der Waals surface area contributed by atoms with Gasteiger partial charge in [0.1, 0.15) is 6.04 Å². The molecule has 0 aromatic heterocycles. The topological polar surface area (TPSA) is 82.4 Å². The number of likely N-dealkylation sites (tertiary alicyclic amines) is 1. The molecule has 24 heavy (non-hydrogen) atoms. The molecule has 3 aliphatic carbocycles. The quantitative estimate of drug-likeness (QED) is 0.775. The molecule has 1 heterocycles. The van der Waals surface area contributed by atoms with Crippen molar-refractivity contribution in [1.82, 2.24) is 10.2 Å². The van der Waals surface area contributed by atoms with Crippen molar-refractivity contribution in [2.45, 2.75) is 69.9 Å². The van der Waals surface area contributed by atoms with Crippen molar-refractivity contribution < 1.29 is 14.3 Å². The summed E-state index contributed by atoms with van der Waals surface area (Å²) in [6, 6.07) is 1.96. The van der Waals surface area contributed by atoms with Crippen molar-refractivity contribution in [3.8, 4) is 6.07 Å². The molecule has 0 spiro atoms. The standard InChI is InChI=1S/C18H27N3O3/c1-2-24-16(23)17-5-8-18(9-6-17,10-7-17)20-13-15(22)21-11-3-4-14(21)12-19/h14,20H,2-11,13H2,1H3. The van der Waals surface area contributed by atoms with Gasteiger partial charge in [-0.2, -0.15) is 5.26 Å². The van der Waals surface area contributed by atoms with Gasteiger partial charge in [-0.1, -0.05) is 0 Å². The van der Waals surface area contributed by atoms with Crippen LogP contribution < -0.4 is 5.32 Å². The van der Waals surface area contributed by atoms with Gasteiger partial charge >= 0.3 is 5.97 Å². The Labute approximate surface area is 143 Å². The number of nitrogens with zero attached hydrogens (tertiary/aromatic N) is 2. The van der Waals surface area contributed by atoms with Gasteiger partial charge in [-0.05, 0) is 58.3 Å². The molecule has 4 aliphatic rings. The number of fused-ring (bicyclic) bond motifs is 3. The number of esters is 1. The lowest BCUT2D eigenvalue weighted by Crippen LogP contribution is -2.58. The van der Waals surface area contributed by atoms with Crippen LogP contribution in [-0.4, -0.2) is 48.1 Å². The van der Waals surface area contributed by atoms with Gasteiger partial charge in [0.15, 0.2) is 0 Å². The van der Waals surface area contributed by atoms with Gasteiger partial charge in [0.25, 0.3) is 0 Å². The lowest BCUT2D eigenvalue weighted by atomic mass is 9.57. The third kappa shape index (κ3) is 3.02. The molecule has 6 heteroatoms. The van der Waals surface area contributed by atoms with Crippen LogP contribution in [0.25, 0.3) is 0 Å². The Kier molecular flexibility index (Phi) is 4.82. The van der Waals surface area contributed by atoms with E-state index in [0.29, 0.717) is 19.7 Å². The van der Waals surface area contributed by atoms with Crippen molar-refractivity contribution in [2.24, 2.45) is 5.41 Å². The van der Waals surface area contributed by atoms with Crippen molar-refractivity contribution in [3.05, 3.63) is 0 Å². The van der Waals surface area contributed by atoms with E-state index in [1.807, 2.05) is 6.92 Å². The molecule has 3 saturated carbocycles. The molecule has 1 N–H and O–H groups in total. The average molecular weight is 333 g/mol. The van der Waals surface area contributed by atoms with Crippen LogP contribution in [0.2, 0.25) is 0 Å². The third-order valence-corrected chi connectivity index (χ3v) is 6.29. The molecule has 4 fully saturated rings. The Morgan fingerprint density at radius 2 is 1.92 bits per heavy atom. The van der Waals surface area contributed by atoms with E-state index in [9.17, 15) is 9.59 Å². The number of carbonyl (C=O) groups is 2. The summed E-state index contributed by atoms with van der Waals surface area (Å²) in [5.41, 5.74) is -0.309. The largest absolute Gasteiger partial charge is 0.466 e. The van der Waals surface area contributed by atoms with Gasteiger partial charge < -0.3 is 15.0 Å². The minimum atomic E-state index is -0.287. The number of ether oxygens (including phenoxy) is 1. The zero-order valence-corrected chi connectivity index (χ0v) is 14.5. The van der Waals surface area contributed by atoms with Gasteiger partial charge in [-0.15, -0.1) is 0 Å². The summed E-state index contributed by atoms with van der Waals surface area (Å²) < 4.78 is 5.27. The molecule has 6 nitrogen and oxygen atoms in total. The summed E-state index contributed by atoms with van der Waals surface area (Å²) in [6.07, 6.45) is 6.99. The van der Waals surface area contributed by atoms with Crippen LogP contribution in [0.4, 0.5) is 0 Å². The molecular weight excluding hydrogens is 306 g/mol. The molecule has 0 radical (unpaired) electrons. The molecule has 2 bridgehead atoms. The fourth-order valence-electron chi connectivity index (χ4n) is 4.61. The highest BCUT2D eigenvalue weighted by Gasteiger charge is 2.53. The summed E-state index contributed by atoms with van der Waals surface area (Å²) in [7, 11) is 0. The Morgan fingerprint density at radius 3 is 2.50 bits per heavy atom. The Hall–Kier alpha value is -1.61. The Bertz CT molecular complexity index is 530. The minimum absolute atomic E-state index is 0.0221. The smallest absolute Gasteiger partial charge is 0.312 e. The van der Waals surface area contributed by atoms with Crippen molar-refractivity contribution in [1.29, 1.82) is 5.26 Å². The van der Waals surface area contributed by atoms with Crippen LogP contribution in [0.1, 0.15) is 58.3 Å². The van der Waals surface area contributed by atoms with Crippen LogP contribution in [0.15, 0.2) is 0 Å². The van der Waals surface area contributed by atoms with Crippen molar-refractivity contribution >= 4 is 11.9 Å². The number of rotatable bonds is 5. The summed E-state index contributed by atoms with van der Waals surface area (Å²) in [5, 5.41) is 12.6. The predicted octanol–water partition coefficient (Wildman–Crippen LogP) is 1.75. The minimum Gasteiger partial charge on any atom is -0.466 e. The first-order valence-electron chi connectivity index (χ1n) is 9.16. The third-order valence-electron chi connectivity index (χ3n) is 6.29. The summed E-state index contributed by atoms with van der Waals surface area (Å²) >= 11 is 0. The highest BCUT2D eigenvalue weighted by Crippen LogP contribution is 2.52. The molecule has 1 unspecified atom stereocenters. The first-order chi connectivity index (χ1) is 11.5. The van der Waals surface area contributed by atoms with Crippen LogP contribution >= 0.6 is 0 Å². The second kappa shape index (κ2) is 6.72. The maximum atomic E-state index is 12.4. The maximum absolute atomic E-state index is 12.4. The Morgan fingerprint density at radius 1 is 1.25 bits per heavy atom. The molecule has 1 aliphatic heterocycles. The van der Waals surface area contributed by atoms with Crippen LogP contribution in [0.5, 0.6) is 0 Å². The number of hydrogen-bond donors (Lipinski definition) is 1. The lowest BCUT2D eigenvalue weighted by molar-refractivity contribution is -0.163. The van der Waals surface area contributed by atoms with E-state index in [4.69, 9.17) is 10.00 Å². The van der Waals surface area contributed by atoms with Gasteiger partial charge in [-0.25, -0.2) is 0 Å². The van der Waals surface area contributed by atoms with Crippen LogP contribution in [0.3, 0.4) is 0 Å². The molecule has 0 aromatic rings. The molecule has 1 amide bonds. The second-order valence-corrected chi connectivity index (χ2v) is 7.51. The predicted molar refractivity (Wildman–Crippen MR) is 87.8 cm³/mol. The zero-order chi connectivity index (χ0) is 17.2. The van der Waals surface area contributed by atoms with E-state index < -0.39 is 0 Å². The van der Waals surface area contributed by atoms with E-state index in [-0.39, 0.29) is 28.9 Å². The molecule has 132 valence electrons. The van der Waals surface area contributed by atoms with Gasteiger partial charge in [0.05, 0.1) is 24.6 Å². The summed E-state index contributed by atoms with van der Waals surface area (Å²) in [5.74, 6) is -0.00969. The number of carbonyl (C=O) groups excluding carboxylic acids is 2. The van der Waals surface area contributed by atoms with Gasteiger partial charge in [-0.3, -0.25) is 9.59 Å². The Balaban J connectivity index is 1.54. The molecule has 0 aromatic carbocycles. The van der Waals surface area contributed by atoms with Gasteiger partial charge in [0, 0.05) is 12.1 Å². The van der Waals surface area contributed by atoms with E-state index in [0.717, 1.165) is 51.4 Å². The molecule has 4 rings (SSSR count). The van der Waals surface area contributed by atoms with E-state index >= 15 is 0 Å².